The Kier molecular flexibility index (Phi) is 5.15. The van der Waals surface area contributed by atoms with Gasteiger partial charge in [-0.05, 0) is 55.5 Å². The number of amides is 1. The zero-order chi connectivity index (χ0) is 19.6. The third-order valence-corrected chi connectivity index (χ3v) is 7.27. The first-order chi connectivity index (χ1) is 13.5. The molecule has 2 saturated carbocycles. The van der Waals surface area contributed by atoms with Crippen molar-refractivity contribution in [1.82, 2.24) is 5.32 Å². The predicted octanol–water partition coefficient (Wildman–Crippen LogP) is 3.97. The fourth-order valence-electron chi connectivity index (χ4n) is 4.01. The summed E-state index contributed by atoms with van der Waals surface area (Å²) >= 11 is 0. The number of benzene rings is 2. The predicted molar refractivity (Wildman–Crippen MR) is 110 cm³/mol. The van der Waals surface area contributed by atoms with E-state index < -0.39 is 15.4 Å². The van der Waals surface area contributed by atoms with Crippen molar-refractivity contribution >= 4 is 21.6 Å². The topological polar surface area (TPSA) is 75.3 Å². The van der Waals surface area contributed by atoms with Crippen LogP contribution in [0.2, 0.25) is 0 Å². The summed E-state index contributed by atoms with van der Waals surface area (Å²) in [6.45, 7) is 0. The molecule has 0 radical (unpaired) electrons. The molecule has 148 valence electrons. The van der Waals surface area contributed by atoms with Gasteiger partial charge < -0.3 is 5.32 Å². The van der Waals surface area contributed by atoms with Crippen molar-refractivity contribution in [2.24, 2.45) is 0 Å². The molecule has 0 aliphatic heterocycles. The highest BCUT2D eigenvalue weighted by atomic mass is 32.2. The minimum atomic E-state index is -3.61. The second kappa shape index (κ2) is 7.59. The van der Waals surface area contributed by atoms with Gasteiger partial charge in [0.2, 0.25) is 5.91 Å². The molecule has 2 aromatic rings. The van der Waals surface area contributed by atoms with Gasteiger partial charge in [-0.15, -0.1) is 0 Å². The van der Waals surface area contributed by atoms with E-state index >= 15 is 0 Å². The van der Waals surface area contributed by atoms with Crippen LogP contribution in [0, 0.1) is 0 Å². The summed E-state index contributed by atoms with van der Waals surface area (Å²) in [6, 6.07) is 15.8. The molecule has 0 heterocycles. The van der Waals surface area contributed by atoms with E-state index in [1.54, 1.807) is 42.5 Å². The van der Waals surface area contributed by atoms with Crippen LogP contribution in [-0.2, 0) is 20.2 Å². The molecule has 4 rings (SSSR count). The van der Waals surface area contributed by atoms with E-state index in [0.29, 0.717) is 11.7 Å². The monoisotopic (exact) mass is 398 g/mol. The maximum Gasteiger partial charge on any atom is 0.261 e. The van der Waals surface area contributed by atoms with Crippen molar-refractivity contribution in [2.45, 2.75) is 61.3 Å². The number of carbonyl (C=O) groups is 1. The van der Waals surface area contributed by atoms with Gasteiger partial charge >= 0.3 is 0 Å². The van der Waals surface area contributed by atoms with Crippen molar-refractivity contribution in [1.29, 1.82) is 0 Å². The lowest BCUT2D eigenvalue weighted by Gasteiger charge is -2.25. The Balaban J connectivity index is 1.45. The molecule has 0 aromatic heterocycles. The normalized spacial score (nSPS) is 19.0. The molecular formula is C22H26N2O3S. The molecule has 2 aromatic carbocycles. The first kappa shape index (κ1) is 19.0. The van der Waals surface area contributed by atoms with E-state index in [9.17, 15) is 13.2 Å². The summed E-state index contributed by atoms with van der Waals surface area (Å²) in [5, 5.41) is 3.24. The molecule has 2 aliphatic rings. The lowest BCUT2D eigenvalue weighted by atomic mass is 9.91. The van der Waals surface area contributed by atoms with Crippen LogP contribution in [0.5, 0.6) is 0 Å². The van der Waals surface area contributed by atoms with Crippen LogP contribution in [0.1, 0.15) is 50.5 Å². The molecule has 0 unspecified atom stereocenters. The molecule has 1 amide bonds. The van der Waals surface area contributed by atoms with Crippen molar-refractivity contribution in [3.63, 3.8) is 0 Å². The Bertz CT molecular complexity index is 930. The van der Waals surface area contributed by atoms with Crippen LogP contribution in [0.4, 0.5) is 5.69 Å². The molecule has 6 heteroatoms. The van der Waals surface area contributed by atoms with Gasteiger partial charge in [-0.3, -0.25) is 9.52 Å². The number of carbonyl (C=O) groups excluding carboxylic acids is 1. The molecule has 2 aliphatic carbocycles. The van der Waals surface area contributed by atoms with E-state index in [1.807, 2.05) is 12.1 Å². The molecule has 0 spiro atoms. The third-order valence-electron chi connectivity index (χ3n) is 5.87. The number of anilines is 1. The van der Waals surface area contributed by atoms with Crippen LogP contribution in [0.15, 0.2) is 59.5 Å². The molecular weight excluding hydrogens is 372 g/mol. The molecule has 2 N–H and O–H groups in total. The molecule has 0 saturated heterocycles. The smallest absolute Gasteiger partial charge is 0.261 e. The van der Waals surface area contributed by atoms with E-state index in [0.717, 1.165) is 31.2 Å². The summed E-state index contributed by atoms with van der Waals surface area (Å²) in [6.07, 6.45) is 7.48. The average molecular weight is 399 g/mol. The maximum atomic E-state index is 12.9. The fourth-order valence-corrected chi connectivity index (χ4v) is 5.09. The van der Waals surface area contributed by atoms with Crippen molar-refractivity contribution < 1.29 is 13.2 Å². The zero-order valence-corrected chi connectivity index (χ0v) is 16.7. The van der Waals surface area contributed by atoms with Crippen molar-refractivity contribution in [3.05, 3.63) is 60.2 Å². The number of sulfonamides is 1. The summed E-state index contributed by atoms with van der Waals surface area (Å²) < 4.78 is 27.5. The highest BCUT2D eigenvalue weighted by molar-refractivity contribution is 7.92. The summed E-state index contributed by atoms with van der Waals surface area (Å²) in [5.41, 5.74) is 1.02. The van der Waals surface area contributed by atoms with Crippen molar-refractivity contribution in [2.75, 3.05) is 4.72 Å². The van der Waals surface area contributed by atoms with Gasteiger partial charge in [0.15, 0.2) is 0 Å². The Morgan fingerprint density at radius 1 is 0.893 bits per heavy atom. The Labute approximate surface area is 166 Å². The standard InChI is InChI=1S/C22H26N2O3S/c25-21(23-18-7-3-1-4-8-18)22(15-16-22)17-11-13-19(14-12-17)24-28(26,27)20-9-5-2-6-10-20/h2,5-6,9-14,18,24H,1,3-4,7-8,15-16H2,(H,23,25). The quantitative estimate of drug-likeness (QED) is 0.773. The Morgan fingerprint density at radius 2 is 1.54 bits per heavy atom. The second-order valence-corrected chi connectivity index (χ2v) is 9.57. The van der Waals surface area contributed by atoms with Crippen LogP contribution < -0.4 is 10.0 Å². The highest BCUT2D eigenvalue weighted by Crippen LogP contribution is 2.48. The van der Waals surface area contributed by atoms with Crippen molar-refractivity contribution in [3.8, 4) is 0 Å². The number of hydrogen-bond donors (Lipinski definition) is 2. The zero-order valence-electron chi connectivity index (χ0n) is 15.9. The lowest BCUT2D eigenvalue weighted by Crippen LogP contribution is -2.42. The van der Waals surface area contributed by atoms with Crippen LogP contribution in [-0.4, -0.2) is 20.4 Å². The highest BCUT2D eigenvalue weighted by Gasteiger charge is 2.51. The molecule has 2 fully saturated rings. The largest absolute Gasteiger partial charge is 0.353 e. The van der Waals surface area contributed by atoms with Crippen LogP contribution in [0.25, 0.3) is 0 Å². The van der Waals surface area contributed by atoms with Gasteiger partial charge in [0.1, 0.15) is 0 Å². The van der Waals surface area contributed by atoms with Gasteiger partial charge in [-0.25, -0.2) is 8.42 Å². The molecule has 0 atom stereocenters. The number of nitrogens with one attached hydrogen (secondary N) is 2. The number of hydrogen-bond acceptors (Lipinski definition) is 3. The van der Waals surface area contributed by atoms with E-state index in [-0.39, 0.29) is 10.8 Å². The fraction of sp³-hybridized carbons (Fsp3) is 0.409. The van der Waals surface area contributed by atoms with E-state index in [2.05, 4.69) is 10.0 Å². The first-order valence-electron chi connectivity index (χ1n) is 9.99. The number of rotatable bonds is 6. The van der Waals surface area contributed by atoms with E-state index in [1.165, 1.54) is 19.3 Å². The van der Waals surface area contributed by atoms with Crippen LogP contribution >= 0.6 is 0 Å². The first-order valence-corrected chi connectivity index (χ1v) is 11.5. The minimum Gasteiger partial charge on any atom is -0.353 e. The molecule has 0 bridgehead atoms. The van der Waals surface area contributed by atoms with Gasteiger partial charge in [0.05, 0.1) is 10.3 Å². The third kappa shape index (κ3) is 3.92. The Hall–Kier alpha value is -2.34. The lowest BCUT2D eigenvalue weighted by molar-refractivity contribution is -0.124. The van der Waals surface area contributed by atoms with E-state index in [4.69, 9.17) is 0 Å². The minimum absolute atomic E-state index is 0.122. The van der Waals surface area contributed by atoms with Gasteiger partial charge in [-0.2, -0.15) is 0 Å². The van der Waals surface area contributed by atoms with Gasteiger partial charge in [-0.1, -0.05) is 49.6 Å². The molecule has 5 nitrogen and oxygen atoms in total. The SMILES string of the molecule is O=C(NC1CCCCC1)C1(c2ccc(NS(=O)(=O)c3ccccc3)cc2)CC1. The average Bonchev–Trinajstić information content (AvgIpc) is 3.52. The van der Waals surface area contributed by atoms with Gasteiger partial charge in [0, 0.05) is 11.7 Å². The molecule has 28 heavy (non-hydrogen) atoms. The summed E-state index contributed by atoms with van der Waals surface area (Å²) in [7, 11) is -3.61. The summed E-state index contributed by atoms with van der Waals surface area (Å²) in [5.74, 6) is 0.122. The van der Waals surface area contributed by atoms with Gasteiger partial charge in [0.25, 0.3) is 10.0 Å². The summed E-state index contributed by atoms with van der Waals surface area (Å²) in [4.78, 5) is 13.1. The maximum absolute atomic E-state index is 12.9. The van der Waals surface area contributed by atoms with Crippen LogP contribution in [0.3, 0.4) is 0 Å². The second-order valence-electron chi connectivity index (χ2n) is 7.89. The Morgan fingerprint density at radius 3 is 2.14 bits per heavy atom.